The number of fused-ring (bicyclic) bond motifs is 1. The van der Waals surface area contributed by atoms with E-state index < -0.39 is 0 Å². The molecule has 112 valence electrons. The van der Waals surface area contributed by atoms with Crippen molar-refractivity contribution >= 4 is 0 Å². The Morgan fingerprint density at radius 1 is 1.24 bits per heavy atom. The summed E-state index contributed by atoms with van der Waals surface area (Å²) in [4.78, 5) is 0. The van der Waals surface area contributed by atoms with Crippen LogP contribution in [0.3, 0.4) is 0 Å². The number of aryl methyl sites for hydroxylation is 1. The molecule has 0 amide bonds. The van der Waals surface area contributed by atoms with Gasteiger partial charge < -0.3 is 9.73 Å². The van der Waals surface area contributed by atoms with Gasteiger partial charge in [-0.2, -0.15) is 0 Å². The third-order valence-electron chi connectivity index (χ3n) is 4.31. The minimum atomic E-state index is 0.173. The zero-order valence-electron chi connectivity index (χ0n) is 12.8. The van der Waals surface area contributed by atoms with Crippen LogP contribution in [0.2, 0.25) is 0 Å². The zero-order valence-corrected chi connectivity index (χ0v) is 12.8. The molecule has 1 aromatic carbocycles. The first-order valence-electron chi connectivity index (χ1n) is 7.95. The Morgan fingerprint density at radius 3 is 2.81 bits per heavy atom. The van der Waals surface area contributed by atoms with E-state index in [9.17, 15) is 0 Å². The summed E-state index contributed by atoms with van der Waals surface area (Å²) in [6.07, 6.45) is 4.17. The maximum absolute atomic E-state index is 5.96. The van der Waals surface area contributed by atoms with Gasteiger partial charge in [-0.25, -0.2) is 0 Å². The molecule has 0 spiro atoms. The van der Waals surface area contributed by atoms with E-state index in [0.717, 1.165) is 44.0 Å². The van der Waals surface area contributed by atoms with Crippen LogP contribution in [0.1, 0.15) is 61.6 Å². The van der Waals surface area contributed by atoms with Gasteiger partial charge in [-0.15, -0.1) is 10.2 Å². The summed E-state index contributed by atoms with van der Waals surface area (Å²) in [6, 6.07) is 8.84. The fraction of sp³-hybridized carbons (Fsp3) is 0.529. The second-order valence-electron chi connectivity index (χ2n) is 5.71. The van der Waals surface area contributed by atoms with E-state index in [1.165, 1.54) is 11.1 Å². The van der Waals surface area contributed by atoms with E-state index in [1.807, 2.05) is 0 Å². The molecule has 2 unspecified atom stereocenters. The van der Waals surface area contributed by atoms with Crippen LogP contribution in [0.4, 0.5) is 0 Å². The third-order valence-corrected chi connectivity index (χ3v) is 4.31. The second kappa shape index (κ2) is 6.39. The van der Waals surface area contributed by atoms with Crippen LogP contribution in [0, 0.1) is 0 Å². The monoisotopic (exact) mass is 285 g/mol. The molecule has 0 bridgehead atoms. The number of rotatable bonds is 5. The van der Waals surface area contributed by atoms with Gasteiger partial charge in [-0.1, -0.05) is 38.1 Å². The van der Waals surface area contributed by atoms with E-state index in [1.54, 1.807) is 0 Å². The molecule has 21 heavy (non-hydrogen) atoms. The highest BCUT2D eigenvalue weighted by Crippen LogP contribution is 2.32. The number of nitrogens with zero attached hydrogens (tertiary/aromatic N) is 2. The Morgan fingerprint density at radius 2 is 2.05 bits per heavy atom. The fourth-order valence-corrected chi connectivity index (χ4v) is 3.11. The molecule has 1 aromatic heterocycles. The normalized spacial score (nSPS) is 19.2. The number of benzene rings is 1. The summed E-state index contributed by atoms with van der Waals surface area (Å²) < 4.78 is 5.96. The first-order valence-corrected chi connectivity index (χ1v) is 7.95. The lowest BCUT2D eigenvalue weighted by Gasteiger charge is -2.21. The van der Waals surface area contributed by atoms with Crippen LogP contribution < -0.4 is 5.32 Å². The third kappa shape index (κ3) is 3.00. The lowest BCUT2D eigenvalue weighted by Crippen LogP contribution is -2.20. The topological polar surface area (TPSA) is 51.0 Å². The van der Waals surface area contributed by atoms with Crippen LogP contribution in [-0.4, -0.2) is 16.7 Å². The highest BCUT2D eigenvalue weighted by Gasteiger charge is 2.25. The summed E-state index contributed by atoms with van der Waals surface area (Å²) in [6.45, 7) is 5.14. The zero-order chi connectivity index (χ0) is 14.7. The van der Waals surface area contributed by atoms with Gasteiger partial charge in [-0.3, -0.25) is 0 Å². The molecule has 2 atom stereocenters. The molecular weight excluding hydrogens is 262 g/mol. The van der Waals surface area contributed by atoms with Crippen LogP contribution in [0.15, 0.2) is 28.7 Å². The van der Waals surface area contributed by atoms with Gasteiger partial charge >= 0.3 is 0 Å². The maximum atomic E-state index is 5.96. The van der Waals surface area contributed by atoms with E-state index in [-0.39, 0.29) is 6.04 Å². The Bertz CT molecular complexity index is 593. The summed E-state index contributed by atoms with van der Waals surface area (Å²) in [5.41, 5.74) is 2.89. The fourth-order valence-electron chi connectivity index (χ4n) is 3.11. The van der Waals surface area contributed by atoms with Crippen LogP contribution >= 0.6 is 0 Å². The van der Waals surface area contributed by atoms with Gasteiger partial charge in [0.1, 0.15) is 0 Å². The SMILES string of the molecule is CCNC(CC)c1nnc(C2CCc3ccccc3C2)o1. The van der Waals surface area contributed by atoms with Crippen LogP contribution in [-0.2, 0) is 12.8 Å². The van der Waals surface area contributed by atoms with Crippen molar-refractivity contribution < 1.29 is 4.42 Å². The van der Waals surface area contributed by atoms with Crippen molar-refractivity contribution in [2.24, 2.45) is 0 Å². The summed E-state index contributed by atoms with van der Waals surface area (Å²) in [5.74, 6) is 1.89. The van der Waals surface area contributed by atoms with E-state index >= 15 is 0 Å². The standard InChI is InChI=1S/C17H23N3O/c1-3-15(18-4-2)17-20-19-16(21-17)14-10-9-12-7-5-6-8-13(12)11-14/h5-8,14-15,18H,3-4,9-11H2,1-2H3. The molecule has 2 aromatic rings. The summed E-state index contributed by atoms with van der Waals surface area (Å²) >= 11 is 0. The largest absolute Gasteiger partial charge is 0.423 e. The number of hydrogen-bond donors (Lipinski definition) is 1. The molecular formula is C17H23N3O. The Balaban J connectivity index is 1.75. The van der Waals surface area contributed by atoms with Crippen LogP contribution in [0.25, 0.3) is 0 Å². The average molecular weight is 285 g/mol. The highest BCUT2D eigenvalue weighted by atomic mass is 16.4. The van der Waals surface area contributed by atoms with Crippen molar-refractivity contribution in [1.29, 1.82) is 0 Å². The van der Waals surface area contributed by atoms with E-state index in [4.69, 9.17) is 4.42 Å². The second-order valence-corrected chi connectivity index (χ2v) is 5.71. The van der Waals surface area contributed by atoms with E-state index in [2.05, 4.69) is 53.6 Å². The average Bonchev–Trinajstić information content (AvgIpc) is 3.02. The van der Waals surface area contributed by atoms with Crippen molar-refractivity contribution in [2.45, 2.75) is 51.5 Å². The Labute approximate surface area is 126 Å². The number of hydrogen-bond acceptors (Lipinski definition) is 4. The van der Waals surface area contributed by atoms with Gasteiger partial charge in [0.15, 0.2) is 0 Å². The minimum Gasteiger partial charge on any atom is -0.423 e. The molecule has 1 N–H and O–H groups in total. The van der Waals surface area contributed by atoms with Crippen molar-refractivity contribution in [3.63, 3.8) is 0 Å². The van der Waals surface area contributed by atoms with Crippen molar-refractivity contribution in [3.05, 3.63) is 47.2 Å². The number of aromatic nitrogens is 2. The predicted octanol–water partition coefficient (Wildman–Crippen LogP) is 3.40. The Kier molecular flexibility index (Phi) is 4.34. The molecule has 3 rings (SSSR count). The van der Waals surface area contributed by atoms with Gasteiger partial charge in [-0.05, 0) is 43.4 Å². The van der Waals surface area contributed by atoms with Gasteiger partial charge in [0.2, 0.25) is 11.8 Å². The molecule has 0 radical (unpaired) electrons. The number of nitrogens with one attached hydrogen (secondary N) is 1. The molecule has 0 saturated heterocycles. The van der Waals surface area contributed by atoms with Crippen molar-refractivity contribution in [1.82, 2.24) is 15.5 Å². The Hall–Kier alpha value is -1.68. The van der Waals surface area contributed by atoms with Crippen LogP contribution in [0.5, 0.6) is 0 Å². The van der Waals surface area contributed by atoms with Gasteiger partial charge in [0.25, 0.3) is 0 Å². The molecule has 1 aliphatic rings. The summed E-state index contributed by atoms with van der Waals surface area (Å²) in [5, 5.41) is 11.9. The van der Waals surface area contributed by atoms with E-state index in [0.29, 0.717) is 5.92 Å². The lowest BCUT2D eigenvalue weighted by atomic mass is 9.84. The van der Waals surface area contributed by atoms with Gasteiger partial charge in [0.05, 0.1) is 6.04 Å². The molecule has 4 heteroatoms. The quantitative estimate of drug-likeness (QED) is 0.914. The van der Waals surface area contributed by atoms with Crippen molar-refractivity contribution in [3.8, 4) is 0 Å². The van der Waals surface area contributed by atoms with Gasteiger partial charge in [0, 0.05) is 5.92 Å². The molecule has 0 saturated carbocycles. The summed E-state index contributed by atoms with van der Waals surface area (Å²) in [7, 11) is 0. The minimum absolute atomic E-state index is 0.173. The highest BCUT2D eigenvalue weighted by molar-refractivity contribution is 5.31. The molecule has 0 fully saturated rings. The molecule has 0 aliphatic heterocycles. The smallest absolute Gasteiger partial charge is 0.233 e. The first kappa shape index (κ1) is 14.3. The molecule has 1 heterocycles. The predicted molar refractivity (Wildman–Crippen MR) is 82.2 cm³/mol. The lowest BCUT2D eigenvalue weighted by molar-refractivity contribution is 0.351. The molecule has 1 aliphatic carbocycles. The molecule has 4 nitrogen and oxygen atoms in total. The first-order chi connectivity index (χ1) is 10.3. The maximum Gasteiger partial charge on any atom is 0.233 e. The van der Waals surface area contributed by atoms with Crippen molar-refractivity contribution in [2.75, 3.05) is 6.54 Å².